The number of benzene rings is 2. The van der Waals surface area contributed by atoms with Crippen LogP contribution < -0.4 is 14.9 Å². The van der Waals surface area contributed by atoms with Crippen LogP contribution in [-0.4, -0.2) is 29.9 Å². The predicted octanol–water partition coefficient (Wildman–Crippen LogP) is 5.33. The number of rotatable bonds is 8. The number of halogens is 2. The SMILES string of the molecule is CCOc1ccc(-n2c(C)cc(/C=N/NC(=O)COc3ccc(Cl)cc3Cl)c2C)cc1. The van der Waals surface area contributed by atoms with E-state index in [9.17, 15) is 4.79 Å². The topological polar surface area (TPSA) is 64.8 Å². The molecule has 0 unspecified atom stereocenters. The lowest BCUT2D eigenvalue weighted by Gasteiger charge is -2.11. The zero-order chi connectivity index (χ0) is 22.4. The molecule has 0 aliphatic heterocycles. The molecule has 3 rings (SSSR count). The zero-order valence-electron chi connectivity index (χ0n) is 17.5. The zero-order valence-corrected chi connectivity index (χ0v) is 19.0. The molecule has 0 saturated carbocycles. The second-order valence-electron chi connectivity index (χ2n) is 6.75. The molecule has 8 heteroatoms. The summed E-state index contributed by atoms with van der Waals surface area (Å²) in [4.78, 5) is 12.0. The van der Waals surface area contributed by atoms with E-state index in [1.165, 1.54) is 0 Å². The standard InChI is InChI=1S/C23H23Cl2N3O3/c1-4-30-20-8-6-19(7-9-20)28-15(2)11-17(16(28)3)13-26-27-23(29)14-31-22-10-5-18(24)12-21(22)25/h5-13H,4,14H2,1-3H3,(H,27,29)/b26-13+. The summed E-state index contributed by atoms with van der Waals surface area (Å²) < 4.78 is 13.0. The summed E-state index contributed by atoms with van der Waals surface area (Å²) in [6.45, 7) is 6.38. The van der Waals surface area contributed by atoms with Crippen molar-refractivity contribution in [3.8, 4) is 17.2 Å². The highest BCUT2D eigenvalue weighted by atomic mass is 35.5. The summed E-state index contributed by atoms with van der Waals surface area (Å²) >= 11 is 11.9. The Morgan fingerprint density at radius 2 is 1.84 bits per heavy atom. The molecule has 0 atom stereocenters. The summed E-state index contributed by atoms with van der Waals surface area (Å²) in [5.74, 6) is 0.812. The normalized spacial score (nSPS) is 11.0. The maximum Gasteiger partial charge on any atom is 0.277 e. The fourth-order valence-electron chi connectivity index (χ4n) is 3.12. The molecular formula is C23H23Cl2N3O3. The molecule has 0 fully saturated rings. The highest BCUT2D eigenvalue weighted by Gasteiger charge is 2.10. The molecule has 0 saturated heterocycles. The van der Waals surface area contributed by atoms with Gasteiger partial charge in [-0.1, -0.05) is 23.2 Å². The monoisotopic (exact) mass is 459 g/mol. The van der Waals surface area contributed by atoms with Crippen LogP contribution in [0.5, 0.6) is 11.5 Å². The maximum atomic E-state index is 12.0. The van der Waals surface area contributed by atoms with Gasteiger partial charge in [-0.05, 0) is 69.3 Å². The van der Waals surface area contributed by atoms with E-state index in [1.807, 2.05) is 51.1 Å². The van der Waals surface area contributed by atoms with E-state index in [2.05, 4.69) is 15.1 Å². The second kappa shape index (κ2) is 10.4. The minimum absolute atomic E-state index is 0.218. The van der Waals surface area contributed by atoms with Gasteiger partial charge in [0, 0.05) is 27.7 Å². The van der Waals surface area contributed by atoms with E-state index in [-0.39, 0.29) is 6.61 Å². The van der Waals surface area contributed by atoms with Gasteiger partial charge in [0.05, 0.1) is 17.8 Å². The quantitative estimate of drug-likeness (QED) is 0.365. The van der Waals surface area contributed by atoms with Gasteiger partial charge < -0.3 is 14.0 Å². The van der Waals surface area contributed by atoms with Crippen molar-refractivity contribution in [2.24, 2.45) is 5.10 Å². The number of aryl methyl sites for hydroxylation is 1. The maximum absolute atomic E-state index is 12.0. The summed E-state index contributed by atoms with van der Waals surface area (Å²) in [6, 6.07) is 14.7. The van der Waals surface area contributed by atoms with Crippen LogP contribution in [0.25, 0.3) is 5.69 Å². The number of hydrazone groups is 1. The number of aromatic nitrogens is 1. The lowest BCUT2D eigenvalue weighted by Crippen LogP contribution is -2.24. The van der Waals surface area contributed by atoms with Gasteiger partial charge in [0.25, 0.3) is 5.91 Å². The number of hydrogen-bond acceptors (Lipinski definition) is 4. The van der Waals surface area contributed by atoms with Crippen LogP contribution >= 0.6 is 23.2 Å². The van der Waals surface area contributed by atoms with Crippen molar-refractivity contribution in [1.82, 2.24) is 9.99 Å². The average Bonchev–Trinajstić information content (AvgIpc) is 3.01. The Labute approximate surface area is 191 Å². The van der Waals surface area contributed by atoms with Gasteiger partial charge in [0.15, 0.2) is 6.61 Å². The molecule has 0 spiro atoms. The molecule has 6 nitrogen and oxygen atoms in total. The minimum atomic E-state index is -0.400. The molecule has 162 valence electrons. The fraction of sp³-hybridized carbons (Fsp3) is 0.217. The number of nitrogens with zero attached hydrogens (tertiary/aromatic N) is 2. The first-order valence-corrected chi connectivity index (χ1v) is 10.5. The predicted molar refractivity (Wildman–Crippen MR) is 124 cm³/mol. The van der Waals surface area contributed by atoms with Crippen LogP contribution in [-0.2, 0) is 4.79 Å². The second-order valence-corrected chi connectivity index (χ2v) is 7.59. The largest absolute Gasteiger partial charge is 0.494 e. The van der Waals surface area contributed by atoms with Gasteiger partial charge in [-0.25, -0.2) is 5.43 Å². The molecule has 2 aromatic carbocycles. The van der Waals surface area contributed by atoms with Crippen LogP contribution in [0.15, 0.2) is 53.6 Å². The molecule has 1 amide bonds. The smallest absolute Gasteiger partial charge is 0.277 e. The third kappa shape index (κ3) is 5.81. The Balaban J connectivity index is 1.62. The Kier molecular flexibility index (Phi) is 7.60. The van der Waals surface area contributed by atoms with E-state index >= 15 is 0 Å². The Bertz CT molecular complexity index is 1090. The molecule has 0 aliphatic rings. The molecule has 0 radical (unpaired) electrons. The molecule has 31 heavy (non-hydrogen) atoms. The van der Waals surface area contributed by atoms with Crippen LogP contribution in [0.1, 0.15) is 23.9 Å². The van der Waals surface area contributed by atoms with Crippen molar-refractivity contribution in [3.05, 3.63) is 75.5 Å². The summed E-state index contributed by atoms with van der Waals surface area (Å²) in [6.07, 6.45) is 1.61. The van der Waals surface area contributed by atoms with Crippen LogP contribution in [0, 0.1) is 13.8 Å². The van der Waals surface area contributed by atoms with Crippen LogP contribution in [0.3, 0.4) is 0 Å². The van der Waals surface area contributed by atoms with E-state index in [1.54, 1.807) is 24.4 Å². The molecule has 3 aromatic rings. The van der Waals surface area contributed by atoms with E-state index in [0.29, 0.717) is 22.4 Å². The van der Waals surface area contributed by atoms with Crippen molar-refractivity contribution in [1.29, 1.82) is 0 Å². The highest BCUT2D eigenvalue weighted by Crippen LogP contribution is 2.27. The number of nitrogens with one attached hydrogen (secondary N) is 1. The van der Waals surface area contributed by atoms with Gasteiger partial charge in [-0.15, -0.1) is 0 Å². The molecule has 1 heterocycles. The average molecular weight is 460 g/mol. The first-order chi connectivity index (χ1) is 14.9. The van der Waals surface area contributed by atoms with Crippen molar-refractivity contribution < 1.29 is 14.3 Å². The minimum Gasteiger partial charge on any atom is -0.494 e. The lowest BCUT2D eigenvalue weighted by molar-refractivity contribution is -0.123. The van der Waals surface area contributed by atoms with Gasteiger partial charge in [0.2, 0.25) is 0 Å². The van der Waals surface area contributed by atoms with Crippen molar-refractivity contribution in [2.75, 3.05) is 13.2 Å². The Morgan fingerprint density at radius 1 is 1.10 bits per heavy atom. The molecule has 0 aliphatic carbocycles. The van der Waals surface area contributed by atoms with Crippen molar-refractivity contribution in [2.45, 2.75) is 20.8 Å². The van der Waals surface area contributed by atoms with Gasteiger partial charge in [-0.2, -0.15) is 5.10 Å². The van der Waals surface area contributed by atoms with Crippen molar-refractivity contribution in [3.63, 3.8) is 0 Å². The molecule has 1 aromatic heterocycles. The lowest BCUT2D eigenvalue weighted by atomic mass is 10.2. The number of carbonyl (C=O) groups is 1. The van der Waals surface area contributed by atoms with Crippen LogP contribution in [0.2, 0.25) is 10.0 Å². The van der Waals surface area contributed by atoms with Gasteiger partial charge in [-0.3, -0.25) is 4.79 Å². The molecule has 1 N–H and O–H groups in total. The third-order valence-corrected chi connectivity index (χ3v) is 5.05. The molecular weight excluding hydrogens is 437 g/mol. The first-order valence-electron chi connectivity index (χ1n) is 9.71. The van der Waals surface area contributed by atoms with Gasteiger partial charge >= 0.3 is 0 Å². The number of amides is 1. The van der Waals surface area contributed by atoms with E-state index < -0.39 is 5.91 Å². The summed E-state index contributed by atoms with van der Waals surface area (Å²) in [7, 11) is 0. The van der Waals surface area contributed by atoms with Crippen LogP contribution in [0.4, 0.5) is 0 Å². The van der Waals surface area contributed by atoms with Crippen molar-refractivity contribution >= 4 is 35.3 Å². The number of ether oxygens (including phenoxy) is 2. The summed E-state index contributed by atoms with van der Waals surface area (Å²) in [5, 5.41) is 4.88. The summed E-state index contributed by atoms with van der Waals surface area (Å²) in [5.41, 5.74) is 6.43. The Morgan fingerprint density at radius 3 is 2.52 bits per heavy atom. The first kappa shape index (κ1) is 22.7. The van der Waals surface area contributed by atoms with Gasteiger partial charge in [0.1, 0.15) is 11.5 Å². The van der Waals surface area contributed by atoms with E-state index in [0.717, 1.165) is 28.4 Å². The highest BCUT2D eigenvalue weighted by molar-refractivity contribution is 6.35. The number of hydrogen-bond donors (Lipinski definition) is 1. The Hall–Kier alpha value is -2.96. The number of carbonyl (C=O) groups excluding carboxylic acids is 1. The third-order valence-electron chi connectivity index (χ3n) is 4.52. The van der Waals surface area contributed by atoms with E-state index in [4.69, 9.17) is 32.7 Å². The fourth-order valence-corrected chi connectivity index (χ4v) is 3.58. The molecule has 0 bridgehead atoms.